The Balaban J connectivity index is 2.51. The molecule has 0 bridgehead atoms. The van der Waals surface area contributed by atoms with Crippen LogP contribution in [0.15, 0.2) is 60.7 Å². The number of unbranched alkanes of at least 4 members (excludes halogenated alkanes) is 1. The number of benzene rings is 2. The van der Waals surface area contributed by atoms with Crippen LogP contribution in [0.3, 0.4) is 0 Å². The van der Waals surface area contributed by atoms with Gasteiger partial charge in [-0.1, -0.05) is 60.7 Å². The summed E-state index contributed by atoms with van der Waals surface area (Å²) < 4.78 is 51.7. The molecule has 2 aromatic rings. The molecule has 1 unspecified atom stereocenters. The Labute approximate surface area is 218 Å². The summed E-state index contributed by atoms with van der Waals surface area (Å²) >= 11 is 0. The molecule has 8 nitrogen and oxygen atoms in total. The minimum absolute atomic E-state index is 0.0999. The summed E-state index contributed by atoms with van der Waals surface area (Å²) in [6, 6.07) is 12.1. The molecular weight excluding hydrogens is 505 g/mol. The first-order valence-corrected chi connectivity index (χ1v) is 12.1. The number of amides is 1. The van der Waals surface area contributed by atoms with E-state index in [1.807, 2.05) is 0 Å². The number of rotatable bonds is 14. The van der Waals surface area contributed by atoms with Gasteiger partial charge in [-0.25, -0.2) is 9.59 Å². The van der Waals surface area contributed by atoms with Gasteiger partial charge in [0.1, 0.15) is 18.7 Å². The Morgan fingerprint density at radius 2 is 1.45 bits per heavy atom. The van der Waals surface area contributed by atoms with Gasteiger partial charge in [-0.2, -0.15) is 13.2 Å². The molecule has 0 fully saturated rings. The van der Waals surface area contributed by atoms with E-state index in [-0.39, 0.29) is 43.1 Å². The number of ketones is 1. The number of esters is 2. The monoisotopic (exact) mass is 536 g/mol. The molecule has 2 atom stereocenters. The van der Waals surface area contributed by atoms with Gasteiger partial charge in [0.05, 0.1) is 6.61 Å². The first kappa shape index (κ1) is 30.5. The second-order valence-corrected chi connectivity index (χ2v) is 8.36. The van der Waals surface area contributed by atoms with Gasteiger partial charge < -0.3 is 20.1 Å². The number of carbonyl (C=O) groups is 4. The molecule has 0 aliphatic heterocycles. The number of carbonyl (C=O) groups excluding carboxylic acids is 4. The van der Waals surface area contributed by atoms with Crippen molar-refractivity contribution >= 4 is 23.6 Å². The highest BCUT2D eigenvalue weighted by atomic mass is 19.4. The number of nitrogens with two attached hydrogens (primary N) is 1. The zero-order chi connectivity index (χ0) is 28.1. The van der Waals surface area contributed by atoms with E-state index < -0.39 is 48.3 Å². The van der Waals surface area contributed by atoms with Crippen molar-refractivity contribution < 1.29 is 41.8 Å². The molecule has 0 saturated heterocycles. The molecule has 0 aromatic heterocycles. The predicted octanol–water partition coefficient (Wildman–Crippen LogP) is 3.82. The smallest absolute Gasteiger partial charge is 0.464 e. The average molecular weight is 537 g/mol. The molecule has 1 amide bonds. The standard InChI is InChI=1S/C27H31F3N2O6/c1-2-37-25(35)22(17-23(33)20-13-7-4-8-14-20)32(26(36)27(28,29)30)21(15-9-10-16-31)24(34)38-18-19-11-5-3-6-12-19/h3-8,11-14,21-22H,2,9-10,15-18,31H2,1H3/t21-,22?/m0/s1. The minimum Gasteiger partial charge on any atom is -0.464 e. The van der Waals surface area contributed by atoms with E-state index in [0.29, 0.717) is 12.0 Å². The van der Waals surface area contributed by atoms with Crippen LogP contribution >= 0.6 is 0 Å². The van der Waals surface area contributed by atoms with Crippen LogP contribution in [0.25, 0.3) is 0 Å². The van der Waals surface area contributed by atoms with Crippen LogP contribution < -0.4 is 5.73 Å². The Kier molecular flexibility index (Phi) is 11.9. The molecule has 0 saturated carbocycles. The zero-order valence-electron chi connectivity index (χ0n) is 21.0. The van der Waals surface area contributed by atoms with Crippen molar-refractivity contribution in [3.05, 3.63) is 71.8 Å². The number of Topliss-reactive ketones (excluding diaryl/α,β-unsaturated/α-hetero) is 1. The fraction of sp³-hybridized carbons (Fsp3) is 0.407. The largest absolute Gasteiger partial charge is 0.471 e. The first-order chi connectivity index (χ1) is 18.1. The van der Waals surface area contributed by atoms with Crippen molar-refractivity contribution in [3.8, 4) is 0 Å². The SMILES string of the molecule is CCOC(=O)C(CC(=O)c1ccccc1)N(C(=O)C(F)(F)F)[C@@H](CCCCN)C(=O)OCc1ccccc1. The summed E-state index contributed by atoms with van der Waals surface area (Å²) in [5.41, 5.74) is 6.20. The van der Waals surface area contributed by atoms with E-state index in [4.69, 9.17) is 15.2 Å². The maximum absolute atomic E-state index is 13.8. The zero-order valence-corrected chi connectivity index (χ0v) is 21.0. The summed E-state index contributed by atoms with van der Waals surface area (Å²) in [6.07, 6.45) is -6.06. The van der Waals surface area contributed by atoms with Crippen LogP contribution in [0.5, 0.6) is 0 Å². The fourth-order valence-electron chi connectivity index (χ4n) is 3.78. The fourth-order valence-corrected chi connectivity index (χ4v) is 3.78. The van der Waals surface area contributed by atoms with Gasteiger partial charge in [0.15, 0.2) is 5.78 Å². The van der Waals surface area contributed by atoms with Crippen molar-refractivity contribution in [1.29, 1.82) is 0 Å². The van der Waals surface area contributed by atoms with E-state index in [9.17, 15) is 32.3 Å². The van der Waals surface area contributed by atoms with Gasteiger partial charge in [-0.05, 0) is 38.3 Å². The van der Waals surface area contributed by atoms with Crippen LogP contribution in [0, 0.1) is 0 Å². The van der Waals surface area contributed by atoms with Crippen molar-refractivity contribution in [2.24, 2.45) is 5.73 Å². The van der Waals surface area contributed by atoms with Crippen LogP contribution in [0.1, 0.15) is 48.5 Å². The van der Waals surface area contributed by atoms with Gasteiger partial charge in [-0.3, -0.25) is 9.59 Å². The lowest BCUT2D eigenvalue weighted by molar-refractivity contribution is -0.196. The van der Waals surface area contributed by atoms with Gasteiger partial charge in [0, 0.05) is 12.0 Å². The molecule has 0 aliphatic carbocycles. The number of ether oxygens (including phenoxy) is 2. The van der Waals surface area contributed by atoms with E-state index in [0.717, 1.165) is 0 Å². The third kappa shape index (κ3) is 8.98. The Bertz CT molecular complexity index is 1060. The quantitative estimate of drug-likeness (QED) is 0.222. The number of hydrogen-bond acceptors (Lipinski definition) is 7. The third-order valence-corrected chi connectivity index (χ3v) is 5.61. The highest BCUT2D eigenvalue weighted by Crippen LogP contribution is 2.27. The van der Waals surface area contributed by atoms with Crippen LogP contribution in [-0.2, 0) is 30.5 Å². The lowest BCUT2D eigenvalue weighted by Gasteiger charge is -2.36. The Hall–Kier alpha value is -3.73. The van der Waals surface area contributed by atoms with Crippen LogP contribution in [0.2, 0.25) is 0 Å². The van der Waals surface area contributed by atoms with Crippen LogP contribution in [-0.4, -0.2) is 59.9 Å². The molecule has 2 N–H and O–H groups in total. The van der Waals surface area contributed by atoms with Crippen LogP contribution in [0.4, 0.5) is 13.2 Å². The Morgan fingerprint density at radius 3 is 2.00 bits per heavy atom. The maximum Gasteiger partial charge on any atom is 0.471 e. The van der Waals surface area contributed by atoms with E-state index in [1.165, 1.54) is 19.1 Å². The number of hydrogen-bond donors (Lipinski definition) is 1. The second-order valence-electron chi connectivity index (χ2n) is 8.36. The average Bonchev–Trinajstić information content (AvgIpc) is 2.90. The van der Waals surface area contributed by atoms with Crippen molar-refractivity contribution in [3.63, 3.8) is 0 Å². The first-order valence-electron chi connectivity index (χ1n) is 12.1. The molecule has 0 radical (unpaired) electrons. The van der Waals surface area contributed by atoms with Crippen molar-refractivity contribution in [2.75, 3.05) is 13.2 Å². The summed E-state index contributed by atoms with van der Waals surface area (Å²) in [4.78, 5) is 51.9. The molecule has 38 heavy (non-hydrogen) atoms. The summed E-state index contributed by atoms with van der Waals surface area (Å²) in [7, 11) is 0. The molecule has 0 spiro atoms. The number of halogens is 3. The van der Waals surface area contributed by atoms with E-state index in [1.54, 1.807) is 48.5 Å². The lowest BCUT2D eigenvalue weighted by Crippen LogP contribution is -2.58. The highest BCUT2D eigenvalue weighted by Gasteiger charge is 2.51. The lowest BCUT2D eigenvalue weighted by atomic mass is 9.98. The molecule has 206 valence electrons. The van der Waals surface area contributed by atoms with Gasteiger partial charge >= 0.3 is 24.0 Å². The molecule has 11 heteroatoms. The molecule has 2 rings (SSSR count). The Morgan fingerprint density at radius 1 is 0.868 bits per heavy atom. The van der Waals surface area contributed by atoms with Crippen molar-refractivity contribution in [2.45, 2.75) is 57.5 Å². The van der Waals surface area contributed by atoms with Gasteiger partial charge in [-0.15, -0.1) is 0 Å². The maximum atomic E-state index is 13.8. The molecule has 2 aromatic carbocycles. The number of alkyl halides is 3. The van der Waals surface area contributed by atoms with Gasteiger partial charge in [0.2, 0.25) is 0 Å². The topological polar surface area (TPSA) is 116 Å². The van der Waals surface area contributed by atoms with Gasteiger partial charge in [0.25, 0.3) is 0 Å². The molecular formula is C27H31F3N2O6. The van der Waals surface area contributed by atoms with E-state index >= 15 is 0 Å². The summed E-state index contributed by atoms with van der Waals surface area (Å²) in [5, 5.41) is 0. The molecule has 0 aliphatic rings. The van der Waals surface area contributed by atoms with E-state index in [2.05, 4.69) is 0 Å². The third-order valence-electron chi connectivity index (χ3n) is 5.61. The summed E-state index contributed by atoms with van der Waals surface area (Å²) in [6.45, 7) is 1.12. The number of nitrogens with zero attached hydrogens (tertiary/aromatic N) is 1. The summed E-state index contributed by atoms with van der Waals surface area (Å²) in [5.74, 6) is -5.55. The minimum atomic E-state index is -5.45. The second kappa shape index (κ2) is 14.9. The highest BCUT2D eigenvalue weighted by molar-refractivity contribution is 6.00. The predicted molar refractivity (Wildman–Crippen MR) is 132 cm³/mol. The van der Waals surface area contributed by atoms with Crippen molar-refractivity contribution in [1.82, 2.24) is 4.90 Å². The molecule has 0 heterocycles. The normalized spacial score (nSPS) is 12.8.